The van der Waals surface area contributed by atoms with E-state index >= 15 is 0 Å². The van der Waals surface area contributed by atoms with Gasteiger partial charge in [-0.15, -0.1) is 0 Å². The van der Waals surface area contributed by atoms with Gasteiger partial charge in [0.25, 0.3) is 0 Å². The lowest BCUT2D eigenvalue weighted by atomic mass is 10.0. The Balaban J connectivity index is 2.53. The van der Waals surface area contributed by atoms with Gasteiger partial charge in [0.15, 0.2) is 0 Å². The summed E-state index contributed by atoms with van der Waals surface area (Å²) in [6.07, 6.45) is 0. The molecule has 0 aliphatic carbocycles. The van der Waals surface area contributed by atoms with Crippen molar-refractivity contribution in [2.24, 2.45) is 0 Å². The van der Waals surface area contributed by atoms with Crippen LogP contribution in [-0.2, 0) is 0 Å². The minimum atomic E-state index is 0.263. The van der Waals surface area contributed by atoms with E-state index in [1.165, 1.54) is 0 Å². The molecule has 0 aliphatic heterocycles. The molecule has 0 saturated carbocycles. The van der Waals surface area contributed by atoms with Gasteiger partial charge in [0.05, 0.1) is 17.3 Å². The van der Waals surface area contributed by atoms with Crippen LogP contribution in [0.2, 0.25) is 5.02 Å². The number of ether oxygens (including phenoxy) is 1. The summed E-state index contributed by atoms with van der Waals surface area (Å²) < 4.78 is 5.47. The molecule has 0 amide bonds. The highest BCUT2D eigenvalue weighted by Crippen LogP contribution is 2.33. The molecule has 5 heteroatoms. The third kappa shape index (κ3) is 2.96. The van der Waals surface area contributed by atoms with Crippen molar-refractivity contribution in [1.29, 1.82) is 0 Å². The van der Waals surface area contributed by atoms with Crippen molar-refractivity contribution in [2.75, 3.05) is 12.3 Å². The van der Waals surface area contributed by atoms with Gasteiger partial charge in [0.1, 0.15) is 5.75 Å². The Labute approximate surface area is 117 Å². The first-order valence-corrected chi connectivity index (χ1v) is 6.43. The lowest BCUT2D eigenvalue weighted by Gasteiger charge is -2.11. The minimum Gasteiger partial charge on any atom is -0.492 e. The second kappa shape index (κ2) is 5.45. The highest BCUT2D eigenvalue weighted by molar-refractivity contribution is 6.32. The molecule has 100 valence electrons. The van der Waals surface area contributed by atoms with Crippen LogP contribution in [0, 0.1) is 13.8 Å². The molecule has 2 N–H and O–H groups in total. The maximum Gasteiger partial charge on any atom is 0.220 e. The van der Waals surface area contributed by atoms with Crippen LogP contribution in [0.3, 0.4) is 0 Å². The first-order chi connectivity index (χ1) is 9.01. The molecule has 0 saturated heterocycles. The van der Waals surface area contributed by atoms with Gasteiger partial charge in [0, 0.05) is 11.3 Å². The monoisotopic (exact) mass is 277 g/mol. The van der Waals surface area contributed by atoms with Crippen LogP contribution >= 0.6 is 11.6 Å². The van der Waals surface area contributed by atoms with Gasteiger partial charge in [-0.25, -0.2) is 9.97 Å². The number of nitrogens with zero attached hydrogens (tertiary/aromatic N) is 2. The maximum atomic E-state index is 6.21. The predicted molar refractivity (Wildman–Crippen MR) is 77.5 cm³/mol. The van der Waals surface area contributed by atoms with Crippen LogP contribution in [0.25, 0.3) is 11.3 Å². The molecule has 19 heavy (non-hydrogen) atoms. The van der Waals surface area contributed by atoms with Crippen LogP contribution < -0.4 is 10.5 Å². The second-order valence-electron chi connectivity index (χ2n) is 4.28. The van der Waals surface area contributed by atoms with Crippen LogP contribution in [0.1, 0.15) is 18.2 Å². The van der Waals surface area contributed by atoms with Crippen molar-refractivity contribution in [3.63, 3.8) is 0 Å². The molecule has 0 unspecified atom stereocenters. The Morgan fingerprint density at radius 2 is 1.95 bits per heavy atom. The zero-order chi connectivity index (χ0) is 14.0. The average Bonchev–Trinajstić information content (AvgIpc) is 2.32. The molecular weight excluding hydrogens is 262 g/mol. The lowest BCUT2D eigenvalue weighted by molar-refractivity contribution is 0.340. The summed E-state index contributed by atoms with van der Waals surface area (Å²) in [6, 6.07) is 5.65. The number of benzene rings is 1. The van der Waals surface area contributed by atoms with Crippen LogP contribution in [-0.4, -0.2) is 16.6 Å². The van der Waals surface area contributed by atoms with Crippen LogP contribution in [0.15, 0.2) is 18.2 Å². The summed E-state index contributed by atoms with van der Waals surface area (Å²) in [5, 5.41) is 0.567. The number of nitrogen functional groups attached to an aromatic ring is 1. The van der Waals surface area contributed by atoms with Crippen molar-refractivity contribution in [3.8, 4) is 17.0 Å². The van der Waals surface area contributed by atoms with Crippen molar-refractivity contribution >= 4 is 17.5 Å². The molecule has 1 aromatic carbocycles. The second-order valence-corrected chi connectivity index (χ2v) is 4.69. The average molecular weight is 278 g/mol. The molecule has 1 heterocycles. The van der Waals surface area contributed by atoms with E-state index in [2.05, 4.69) is 9.97 Å². The van der Waals surface area contributed by atoms with E-state index in [1.807, 2.05) is 39.0 Å². The third-order valence-corrected chi connectivity index (χ3v) is 3.02. The topological polar surface area (TPSA) is 61.0 Å². The number of hydrogen-bond donors (Lipinski definition) is 1. The summed E-state index contributed by atoms with van der Waals surface area (Å²) in [7, 11) is 0. The van der Waals surface area contributed by atoms with Gasteiger partial charge in [-0.1, -0.05) is 11.6 Å². The first kappa shape index (κ1) is 13.6. The maximum absolute atomic E-state index is 6.21. The van der Waals surface area contributed by atoms with E-state index in [4.69, 9.17) is 22.1 Å². The smallest absolute Gasteiger partial charge is 0.220 e. The fourth-order valence-electron chi connectivity index (χ4n) is 1.93. The molecule has 0 atom stereocenters. The molecule has 0 spiro atoms. The van der Waals surface area contributed by atoms with Crippen molar-refractivity contribution in [1.82, 2.24) is 9.97 Å². The first-order valence-electron chi connectivity index (χ1n) is 6.05. The Bertz CT molecular complexity index is 594. The number of aromatic nitrogens is 2. The molecule has 0 bridgehead atoms. The number of hydrogen-bond acceptors (Lipinski definition) is 4. The molecule has 2 aromatic rings. The molecule has 0 fully saturated rings. The fraction of sp³-hybridized carbons (Fsp3) is 0.286. The number of aryl methyl sites for hydroxylation is 2. The molecule has 1 aromatic heterocycles. The van der Waals surface area contributed by atoms with Gasteiger partial charge < -0.3 is 10.5 Å². The Hall–Kier alpha value is -1.81. The highest BCUT2D eigenvalue weighted by Gasteiger charge is 2.11. The number of halogens is 1. The number of anilines is 1. The van der Waals surface area contributed by atoms with Gasteiger partial charge in [-0.2, -0.15) is 0 Å². The number of rotatable bonds is 3. The van der Waals surface area contributed by atoms with Gasteiger partial charge >= 0.3 is 0 Å². The lowest BCUT2D eigenvalue weighted by Crippen LogP contribution is -2.00. The largest absolute Gasteiger partial charge is 0.492 e. The van der Waals surface area contributed by atoms with E-state index in [0.717, 1.165) is 22.5 Å². The molecule has 0 aliphatic rings. The summed E-state index contributed by atoms with van der Waals surface area (Å²) in [6.45, 7) is 6.38. The van der Waals surface area contributed by atoms with Gasteiger partial charge in [-0.3, -0.25) is 0 Å². The van der Waals surface area contributed by atoms with Crippen LogP contribution in [0.5, 0.6) is 5.75 Å². The summed E-state index contributed by atoms with van der Waals surface area (Å²) in [5.41, 5.74) is 9.25. The Morgan fingerprint density at radius 3 is 2.58 bits per heavy atom. The molecule has 0 radical (unpaired) electrons. The van der Waals surface area contributed by atoms with E-state index in [1.54, 1.807) is 0 Å². The normalized spacial score (nSPS) is 10.5. The van der Waals surface area contributed by atoms with E-state index in [9.17, 15) is 0 Å². The third-order valence-electron chi connectivity index (χ3n) is 2.73. The SMILES string of the molecule is CCOc1cc(C)c(-c2cc(C)nc(N)n2)cc1Cl. The predicted octanol–water partition coefficient (Wildman–Crippen LogP) is 3.39. The highest BCUT2D eigenvalue weighted by atomic mass is 35.5. The number of nitrogens with two attached hydrogens (primary N) is 1. The standard InChI is InChI=1S/C14H16ClN3O/c1-4-19-13-5-8(2)10(7-11(13)15)12-6-9(3)17-14(16)18-12/h5-7H,4H2,1-3H3,(H2,16,17,18). The van der Waals surface area contributed by atoms with Gasteiger partial charge in [0.2, 0.25) is 5.95 Å². The Kier molecular flexibility index (Phi) is 3.90. The van der Waals surface area contributed by atoms with Crippen molar-refractivity contribution in [3.05, 3.63) is 34.5 Å². The van der Waals surface area contributed by atoms with Crippen LogP contribution in [0.4, 0.5) is 5.95 Å². The Morgan fingerprint density at radius 1 is 1.21 bits per heavy atom. The van der Waals surface area contributed by atoms with E-state index < -0.39 is 0 Å². The van der Waals surface area contributed by atoms with Gasteiger partial charge in [-0.05, 0) is 44.5 Å². The fourth-order valence-corrected chi connectivity index (χ4v) is 2.14. The molecular formula is C14H16ClN3O. The molecule has 2 rings (SSSR count). The van der Waals surface area contributed by atoms with E-state index in [-0.39, 0.29) is 5.95 Å². The van der Waals surface area contributed by atoms with Crippen molar-refractivity contribution in [2.45, 2.75) is 20.8 Å². The molecule has 4 nitrogen and oxygen atoms in total. The quantitative estimate of drug-likeness (QED) is 0.934. The van der Waals surface area contributed by atoms with Crippen molar-refractivity contribution < 1.29 is 4.74 Å². The minimum absolute atomic E-state index is 0.263. The van der Waals surface area contributed by atoms with E-state index in [0.29, 0.717) is 17.4 Å². The summed E-state index contributed by atoms with van der Waals surface area (Å²) in [4.78, 5) is 8.32. The summed E-state index contributed by atoms with van der Waals surface area (Å²) in [5.74, 6) is 0.948. The zero-order valence-corrected chi connectivity index (χ0v) is 12.0. The summed E-state index contributed by atoms with van der Waals surface area (Å²) >= 11 is 6.21. The zero-order valence-electron chi connectivity index (χ0n) is 11.2.